The van der Waals surface area contributed by atoms with Crippen LogP contribution in [0.4, 0.5) is 0 Å². The Morgan fingerprint density at radius 2 is 1.65 bits per heavy atom. The van der Waals surface area contributed by atoms with E-state index in [0.29, 0.717) is 12.2 Å². The van der Waals surface area contributed by atoms with E-state index in [1.54, 1.807) is 24.3 Å². The van der Waals surface area contributed by atoms with E-state index in [9.17, 15) is 9.90 Å². The SMILES string of the molecule is Cc1[c]c(C)cc(OC(=O)C(N)Cc2c(C)cc(O)cc2C)c1. The first kappa shape index (κ1) is 17.0. The molecule has 0 heterocycles. The molecular weight excluding hydrogens is 290 g/mol. The van der Waals surface area contributed by atoms with Crippen LogP contribution in [-0.2, 0) is 11.2 Å². The third kappa shape index (κ3) is 4.33. The minimum Gasteiger partial charge on any atom is -0.508 e. The predicted molar refractivity (Wildman–Crippen MR) is 89.6 cm³/mol. The number of ether oxygens (including phenoxy) is 1. The number of esters is 1. The number of aromatic hydroxyl groups is 1. The summed E-state index contributed by atoms with van der Waals surface area (Å²) in [4.78, 5) is 12.2. The van der Waals surface area contributed by atoms with Gasteiger partial charge in [-0.2, -0.15) is 0 Å². The largest absolute Gasteiger partial charge is 0.508 e. The average molecular weight is 312 g/mol. The van der Waals surface area contributed by atoms with E-state index >= 15 is 0 Å². The molecule has 4 nitrogen and oxygen atoms in total. The number of hydrogen-bond donors (Lipinski definition) is 2. The molecule has 1 radical (unpaired) electrons. The lowest BCUT2D eigenvalue weighted by molar-refractivity contribution is -0.135. The summed E-state index contributed by atoms with van der Waals surface area (Å²) in [6.45, 7) is 7.57. The van der Waals surface area contributed by atoms with Crippen LogP contribution in [-0.4, -0.2) is 17.1 Å². The van der Waals surface area contributed by atoms with Crippen molar-refractivity contribution in [3.8, 4) is 11.5 Å². The zero-order chi connectivity index (χ0) is 17.1. The molecule has 23 heavy (non-hydrogen) atoms. The van der Waals surface area contributed by atoms with Gasteiger partial charge < -0.3 is 15.6 Å². The van der Waals surface area contributed by atoms with Gasteiger partial charge in [-0.15, -0.1) is 0 Å². The molecule has 0 aromatic heterocycles. The van der Waals surface area contributed by atoms with Crippen molar-refractivity contribution in [2.45, 2.75) is 40.2 Å². The summed E-state index contributed by atoms with van der Waals surface area (Å²) < 4.78 is 5.38. The lowest BCUT2D eigenvalue weighted by atomic mass is 9.96. The van der Waals surface area contributed by atoms with E-state index in [-0.39, 0.29) is 5.75 Å². The standard InChI is InChI=1S/C19H22NO3/c1-11-5-12(2)7-16(6-11)23-19(22)18(20)10-17-13(3)8-15(21)9-14(17)4/h6-9,18,21H,10,20H2,1-4H3. The van der Waals surface area contributed by atoms with Gasteiger partial charge in [-0.3, -0.25) is 0 Å². The highest BCUT2D eigenvalue weighted by Crippen LogP contribution is 2.22. The third-order valence-electron chi connectivity index (χ3n) is 3.74. The molecule has 0 saturated heterocycles. The molecule has 3 N–H and O–H groups in total. The molecule has 121 valence electrons. The summed E-state index contributed by atoms with van der Waals surface area (Å²) in [5.74, 6) is 0.228. The van der Waals surface area contributed by atoms with Crippen LogP contribution in [0.3, 0.4) is 0 Å². The van der Waals surface area contributed by atoms with Crippen LogP contribution < -0.4 is 10.5 Å². The van der Waals surface area contributed by atoms with Crippen molar-refractivity contribution in [3.63, 3.8) is 0 Å². The minimum absolute atomic E-state index is 0.214. The quantitative estimate of drug-likeness (QED) is 0.672. The Hall–Kier alpha value is -2.33. The van der Waals surface area contributed by atoms with Gasteiger partial charge in [0.05, 0.1) is 0 Å². The number of carbonyl (C=O) groups is 1. The second-order valence-electron chi connectivity index (χ2n) is 5.97. The second kappa shape index (κ2) is 6.84. The first-order valence-corrected chi connectivity index (χ1v) is 7.53. The molecule has 0 fully saturated rings. The number of benzene rings is 2. The van der Waals surface area contributed by atoms with E-state index in [1.807, 2.05) is 27.7 Å². The lowest BCUT2D eigenvalue weighted by Gasteiger charge is -2.15. The number of carbonyl (C=O) groups excluding carboxylic acids is 1. The van der Waals surface area contributed by atoms with Crippen molar-refractivity contribution in [1.82, 2.24) is 0 Å². The normalized spacial score (nSPS) is 12.0. The van der Waals surface area contributed by atoms with Crippen molar-refractivity contribution >= 4 is 5.97 Å². The molecule has 2 rings (SSSR count). The molecular formula is C19H22NO3. The highest BCUT2D eigenvalue weighted by Gasteiger charge is 2.19. The Balaban J connectivity index is 2.11. The molecule has 2 aromatic rings. The van der Waals surface area contributed by atoms with Crippen LogP contribution in [0.15, 0.2) is 24.3 Å². The van der Waals surface area contributed by atoms with Gasteiger partial charge in [-0.1, -0.05) is 0 Å². The first-order chi connectivity index (χ1) is 10.8. The molecule has 0 amide bonds. The van der Waals surface area contributed by atoms with Crippen LogP contribution in [0, 0.1) is 33.8 Å². The Morgan fingerprint density at radius 1 is 1.13 bits per heavy atom. The molecule has 2 aromatic carbocycles. The van der Waals surface area contributed by atoms with Crippen LogP contribution in [0.1, 0.15) is 27.8 Å². The fourth-order valence-electron chi connectivity index (χ4n) is 2.70. The number of phenols is 1. The van der Waals surface area contributed by atoms with Crippen molar-refractivity contribution in [2.24, 2.45) is 5.73 Å². The zero-order valence-corrected chi connectivity index (χ0v) is 13.9. The molecule has 0 saturated carbocycles. The van der Waals surface area contributed by atoms with E-state index in [1.165, 1.54) is 0 Å². The fourth-order valence-corrected chi connectivity index (χ4v) is 2.70. The third-order valence-corrected chi connectivity index (χ3v) is 3.74. The molecule has 4 heteroatoms. The maximum atomic E-state index is 12.2. The number of aryl methyl sites for hydroxylation is 4. The highest BCUT2D eigenvalue weighted by molar-refractivity contribution is 5.78. The summed E-state index contributed by atoms with van der Waals surface area (Å²) in [7, 11) is 0. The van der Waals surface area contributed by atoms with Crippen molar-refractivity contribution in [3.05, 3.63) is 58.1 Å². The van der Waals surface area contributed by atoms with Gasteiger partial charge in [-0.25, -0.2) is 4.79 Å². The van der Waals surface area contributed by atoms with E-state index < -0.39 is 12.0 Å². The molecule has 0 aliphatic rings. The lowest BCUT2D eigenvalue weighted by Crippen LogP contribution is -2.36. The predicted octanol–water partition coefficient (Wildman–Crippen LogP) is 2.90. The van der Waals surface area contributed by atoms with Gasteiger partial charge in [0.15, 0.2) is 0 Å². The number of phenolic OH excluding ortho intramolecular Hbond substituents is 1. The first-order valence-electron chi connectivity index (χ1n) is 7.53. The Bertz CT molecular complexity index is 694. The van der Waals surface area contributed by atoms with Crippen LogP contribution in [0.2, 0.25) is 0 Å². The van der Waals surface area contributed by atoms with Crippen LogP contribution in [0.5, 0.6) is 11.5 Å². The summed E-state index contributed by atoms with van der Waals surface area (Å²) in [6, 6.07) is 9.22. The number of nitrogens with two attached hydrogens (primary N) is 1. The minimum atomic E-state index is -0.762. The van der Waals surface area contributed by atoms with Gasteiger partial charge >= 0.3 is 5.97 Å². The Labute approximate surface area is 136 Å². The molecule has 0 aliphatic carbocycles. The summed E-state index contributed by atoms with van der Waals surface area (Å²) in [5, 5.41) is 9.58. The van der Waals surface area contributed by atoms with Crippen molar-refractivity contribution < 1.29 is 14.6 Å². The van der Waals surface area contributed by atoms with Gasteiger partial charge in [0.1, 0.15) is 17.5 Å². The number of rotatable bonds is 4. The smallest absolute Gasteiger partial charge is 0.328 e. The summed E-state index contributed by atoms with van der Waals surface area (Å²) in [6.07, 6.45) is 0.369. The average Bonchev–Trinajstić information content (AvgIpc) is 2.41. The monoisotopic (exact) mass is 312 g/mol. The van der Waals surface area contributed by atoms with E-state index in [2.05, 4.69) is 6.07 Å². The van der Waals surface area contributed by atoms with E-state index in [4.69, 9.17) is 10.5 Å². The topological polar surface area (TPSA) is 72.5 Å². The molecule has 1 atom stereocenters. The maximum Gasteiger partial charge on any atom is 0.328 e. The van der Waals surface area contributed by atoms with Gasteiger partial charge in [0.25, 0.3) is 0 Å². The fraction of sp³-hybridized carbons (Fsp3) is 0.316. The van der Waals surface area contributed by atoms with Crippen molar-refractivity contribution in [1.29, 1.82) is 0 Å². The summed E-state index contributed by atoms with van der Waals surface area (Å²) in [5.41, 5.74) is 10.6. The summed E-state index contributed by atoms with van der Waals surface area (Å²) >= 11 is 0. The van der Waals surface area contributed by atoms with Crippen LogP contribution in [0.25, 0.3) is 0 Å². The zero-order valence-electron chi connectivity index (χ0n) is 13.9. The van der Waals surface area contributed by atoms with E-state index in [0.717, 1.165) is 27.8 Å². The van der Waals surface area contributed by atoms with Gasteiger partial charge in [0, 0.05) is 0 Å². The van der Waals surface area contributed by atoms with Gasteiger partial charge in [-0.05, 0) is 92.3 Å². The number of hydrogen-bond acceptors (Lipinski definition) is 4. The maximum absolute atomic E-state index is 12.2. The van der Waals surface area contributed by atoms with Gasteiger partial charge in [0.2, 0.25) is 0 Å². The van der Waals surface area contributed by atoms with Crippen molar-refractivity contribution in [2.75, 3.05) is 0 Å². The molecule has 0 bridgehead atoms. The second-order valence-corrected chi connectivity index (χ2v) is 5.97. The Morgan fingerprint density at radius 3 is 2.17 bits per heavy atom. The molecule has 0 spiro atoms. The Kier molecular flexibility index (Phi) is 5.06. The highest BCUT2D eigenvalue weighted by atomic mass is 16.5. The molecule has 1 unspecified atom stereocenters. The van der Waals surface area contributed by atoms with Crippen LogP contribution >= 0.6 is 0 Å². The molecule has 0 aliphatic heterocycles.